The molecule has 1 aromatic carbocycles. The third-order valence-electron chi connectivity index (χ3n) is 9.38. The number of nitrogens with zero attached hydrogens (tertiary/aromatic N) is 1. The van der Waals surface area contributed by atoms with Gasteiger partial charge in [0.25, 0.3) is 0 Å². The quantitative estimate of drug-likeness (QED) is 0.257. The average molecular weight is 574 g/mol. The molecule has 0 unspecified atom stereocenters. The minimum Gasteiger partial charge on any atom is -0.482 e. The summed E-state index contributed by atoms with van der Waals surface area (Å²) in [6.45, 7) is 8.29. The molecule has 0 heterocycles. The number of nitrogens with two attached hydrogens (primary N) is 1. The SMILES string of the molecule is CCCCC[C@@H](CC[C@@H]1[C@H]2Cc3cccc(OCC(=O)O)c3C[C@H]2C[C@H]1C)OC(=O)N(C)C(C)(C)C(=O)NCCN. The number of unbranched alkanes of at least 4 members (excludes halogenated alkanes) is 2. The first kappa shape index (κ1) is 32.7. The van der Waals surface area contributed by atoms with Gasteiger partial charge in [-0.2, -0.15) is 0 Å². The van der Waals surface area contributed by atoms with Crippen molar-refractivity contribution < 1.29 is 29.0 Å². The number of amides is 2. The van der Waals surface area contributed by atoms with Crippen LogP contribution in [0.2, 0.25) is 0 Å². The number of carboxylic acids is 1. The molecular weight excluding hydrogens is 522 g/mol. The Morgan fingerprint density at radius 3 is 2.63 bits per heavy atom. The van der Waals surface area contributed by atoms with Crippen molar-refractivity contribution in [3.63, 3.8) is 0 Å². The minimum atomic E-state index is -1.06. The lowest BCUT2D eigenvalue weighted by Gasteiger charge is -2.35. The van der Waals surface area contributed by atoms with Crippen LogP contribution in [-0.4, -0.2) is 66.4 Å². The molecule has 230 valence electrons. The van der Waals surface area contributed by atoms with Crippen LogP contribution in [0.1, 0.15) is 83.8 Å². The van der Waals surface area contributed by atoms with Crippen LogP contribution in [0.15, 0.2) is 18.2 Å². The first-order chi connectivity index (χ1) is 19.5. The molecule has 41 heavy (non-hydrogen) atoms. The molecule has 9 heteroatoms. The second-order valence-corrected chi connectivity index (χ2v) is 12.5. The maximum Gasteiger partial charge on any atom is 0.410 e. The molecule has 0 spiro atoms. The number of ether oxygens (including phenoxy) is 2. The second kappa shape index (κ2) is 14.9. The Labute approximate surface area is 245 Å². The van der Waals surface area contributed by atoms with Crippen LogP contribution in [0.5, 0.6) is 5.75 Å². The zero-order valence-electron chi connectivity index (χ0n) is 25.6. The summed E-state index contributed by atoms with van der Waals surface area (Å²) in [5, 5.41) is 11.8. The summed E-state index contributed by atoms with van der Waals surface area (Å²) in [7, 11) is 1.62. The molecule has 1 aromatic rings. The first-order valence-corrected chi connectivity index (χ1v) is 15.4. The highest BCUT2D eigenvalue weighted by Gasteiger charge is 2.44. The highest BCUT2D eigenvalue weighted by molar-refractivity contribution is 5.89. The van der Waals surface area contributed by atoms with Crippen LogP contribution in [0.3, 0.4) is 0 Å². The van der Waals surface area contributed by atoms with E-state index in [1.807, 2.05) is 12.1 Å². The van der Waals surface area contributed by atoms with Gasteiger partial charge in [0.05, 0.1) is 0 Å². The fraction of sp³-hybridized carbons (Fsp3) is 0.719. The van der Waals surface area contributed by atoms with Gasteiger partial charge in [0.1, 0.15) is 17.4 Å². The van der Waals surface area contributed by atoms with Crippen LogP contribution in [0.4, 0.5) is 4.79 Å². The monoisotopic (exact) mass is 573 g/mol. The average Bonchev–Trinajstić information content (AvgIpc) is 3.24. The molecule has 3 rings (SSSR count). The van der Waals surface area contributed by atoms with Crippen molar-refractivity contribution in [1.29, 1.82) is 0 Å². The maximum absolute atomic E-state index is 13.2. The van der Waals surface area contributed by atoms with E-state index in [1.54, 1.807) is 20.9 Å². The number of likely N-dealkylation sites (N-methyl/N-ethyl adjacent to an activating group) is 1. The van der Waals surface area contributed by atoms with Gasteiger partial charge in [-0.05, 0) is 99.7 Å². The summed E-state index contributed by atoms with van der Waals surface area (Å²) in [6, 6.07) is 5.99. The smallest absolute Gasteiger partial charge is 0.410 e. The molecule has 4 N–H and O–H groups in total. The summed E-state index contributed by atoms with van der Waals surface area (Å²) in [6.07, 6.45) is 8.13. The van der Waals surface area contributed by atoms with Gasteiger partial charge in [-0.15, -0.1) is 0 Å². The van der Waals surface area contributed by atoms with Gasteiger partial charge >= 0.3 is 12.1 Å². The number of carboxylic acid groups (broad SMARTS) is 1. The van der Waals surface area contributed by atoms with E-state index in [0.29, 0.717) is 42.5 Å². The van der Waals surface area contributed by atoms with Crippen LogP contribution < -0.4 is 15.8 Å². The number of nitrogens with one attached hydrogen (secondary N) is 1. The number of benzene rings is 1. The Kier molecular flexibility index (Phi) is 11.9. The Bertz CT molecular complexity index is 1040. The number of carbonyl (C=O) groups is 3. The zero-order valence-corrected chi connectivity index (χ0v) is 25.6. The molecule has 2 aliphatic rings. The lowest BCUT2D eigenvalue weighted by molar-refractivity contribution is -0.139. The van der Waals surface area contributed by atoms with E-state index in [9.17, 15) is 14.4 Å². The summed E-state index contributed by atoms with van der Waals surface area (Å²) < 4.78 is 11.7. The molecule has 1 fully saturated rings. The fourth-order valence-electron chi connectivity index (χ4n) is 6.74. The van der Waals surface area contributed by atoms with Crippen molar-refractivity contribution in [2.45, 2.75) is 97.1 Å². The lowest BCUT2D eigenvalue weighted by atomic mass is 9.73. The maximum atomic E-state index is 13.2. The van der Waals surface area contributed by atoms with Crippen molar-refractivity contribution >= 4 is 18.0 Å². The van der Waals surface area contributed by atoms with Crippen LogP contribution >= 0.6 is 0 Å². The predicted molar refractivity (Wildman–Crippen MR) is 159 cm³/mol. The fourth-order valence-corrected chi connectivity index (χ4v) is 6.74. The molecule has 2 amide bonds. The number of aliphatic carboxylic acids is 1. The molecule has 0 radical (unpaired) electrons. The molecule has 0 aromatic heterocycles. The van der Waals surface area contributed by atoms with Crippen molar-refractivity contribution in [2.75, 3.05) is 26.7 Å². The van der Waals surface area contributed by atoms with Gasteiger partial charge in [0.15, 0.2) is 6.61 Å². The van der Waals surface area contributed by atoms with Gasteiger partial charge in [0, 0.05) is 20.1 Å². The van der Waals surface area contributed by atoms with E-state index in [1.165, 1.54) is 10.5 Å². The Balaban J connectivity index is 1.66. The first-order valence-electron chi connectivity index (χ1n) is 15.4. The van der Waals surface area contributed by atoms with Crippen LogP contribution in [0, 0.1) is 23.7 Å². The highest BCUT2D eigenvalue weighted by atomic mass is 16.6. The molecule has 9 nitrogen and oxygen atoms in total. The molecule has 2 aliphatic carbocycles. The van der Waals surface area contributed by atoms with Gasteiger partial charge in [-0.25, -0.2) is 9.59 Å². The number of hydrogen-bond acceptors (Lipinski definition) is 6. The number of rotatable bonds is 15. The van der Waals surface area contributed by atoms with Crippen molar-refractivity contribution in [3.05, 3.63) is 29.3 Å². The standard InChI is InChI=1S/C32H51N3O6/c1-6-7-8-11-24(41-31(39)35(5)32(3,4)30(38)34-16-15-33)13-14-25-21(2)17-23-19-27-22(18-26(23)25)10-9-12-28(27)40-20-29(36)37/h9-10,12,21,23-26H,6-8,11,13-20,33H2,1-5H3,(H,34,38)(H,36,37)/t21-,23-,24+,25+,26+/m1/s1. The second-order valence-electron chi connectivity index (χ2n) is 12.5. The van der Waals surface area contributed by atoms with E-state index in [4.69, 9.17) is 20.3 Å². The Hall–Kier alpha value is -2.81. The molecule has 1 saturated carbocycles. The predicted octanol–water partition coefficient (Wildman–Crippen LogP) is 4.79. The summed E-state index contributed by atoms with van der Waals surface area (Å²) in [5.74, 6) is 1.65. The molecular formula is C32H51N3O6. The summed E-state index contributed by atoms with van der Waals surface area (Å²) in [4.78, 5) is 38.3. The van der Waals surface area contributed by atoms with E-state index in [0.717, 1.165) is 63.4 Å². The third kappa shape index (κ3) is 8.37. The van der Waals surface area contributed by atoms with Gasteiger partial charge in [0.2, 0.25) is 5.91 Å². The van der Waals surface area contributed by atoms with Crippen molar-refractivity contribution in [3.8, 4) is 5.75 Å². The number of hydrogen-bond donors (Lipinski definition) is 3. The molecule has 5 atom stereocenters. The Morgan fingerprint density at radius 1 is 1.20 bits per heavy atom. The number of carbonyl (C=O) groups excluding carboxylic acids is 2. The summed E-state index contributed by atoms with van der Waals surface area (Å²) >= 11 is 0. The lowest BCUT2D eigenvalue weighted by Crippen LogP contribution is -2.56. The van der Waals surface area contributed by atoms with Gasteiger partial charge in [-0.1, -0.05) is 38.8 Å². The molecule has 0 bridgehead atoms. The molecule has 0 aliphatic heterocycles. The van der Waals surface area contributed by atoms with Crippen LogP contribution in [-0.2, 0) is 27.2 Å². The largest absolute Gasteiger partial charge is 0.482 e. The van der Waals surface area contributed by atoms with Crippen molar-refractivity contribution in [1.82, 2.24) is 10.2 Å². The normalized spacial score (nSPS) is 22.3. The minimum absolute atomic E-state index is 0.197. The van der Waals surface area contributed by atoms with E-state index in [2.05, 4.69) is 25.2 Å². The van der Waals surface area contributed by atoms with Gasteiger partial charge in [-0.3, -0.25) is 9.69 Å². The Morgan fingerprint density at radius 2 is 1.95 bits per heavy atom. The highest BCUT2D eigenvalue weighted by Crippen LogP contribution is 2.51. The topological polar surface area (TPSA) is 131 Å². The van der Waals surface area contributed by atoms with E-state index < -0.39 is 17.6 Å². The van der Waals surface area contributed by atoms with Crippen molar-refractivity contribution in [2.24, 2.45) is 29.4 Å². The zero-order chi connectivity index (χ0) is 30.2. The number of fused-ring (bicyclic) bond motifs is 2. The van der Waals surface area contributed by atoms with Crippen LogP contribution in [0.25, 0.3) is 0 Å². The van der Waals surface area contributed by atoms with E-state index >= 15 is 0 Å². The third-order valence-corrected chi connectivity index (χ3v) is 9.38. The summed E-state index contributed by atoms with van der Waals surface area (Å²) in [5.41, 5.74) is 6.89. The van der Waals surface area contributed by atoms with Gasteiger partial charge < -0.3 is 25.6 Å². The molecule has 0 saturated heterocycles. The van der Waals surface area contributed by atoms with E-state index in [-0.39, 0.29) is 18.6 Å².